The Morgan fingerprint density at radius 3 is 2.43 bits per heavy atom. The monoisotopic (exact) mass is 679 g/mol. The van der Waals surface area contributed by atoms with Crippen molar-refractivity contribution in [3.8, 4) is 0 Å². The summed E-state index contributed by atoms with van der Waals surface area (Å²) in [7, 11) is 0. The number of hydrogen-bond acceptors (Lipinski definition) is 10. The molecule has 3 amide bonds. The number of aryl methyl sites for hydroxylation is 1. The van der Waals surface area contributed by atoms with E-state index in [4.69, 9.17) is 14.5 Å². The van der Waals surface area contributed by atoms with Crippen molar-refractivity contribution in [2.24, 2.45) is 4.99 Å². The third kappa shape index (κ3) is 8.80. The molecule has 4 aromatic rings. The number of nitrogens with zero attached hydrogens (tertiary/aromatic N) is 5. The van der Waals surface area contributed by atoms with Crippen LogP contribution in [0.1, 0.15) is 34.7 Å². The van der Waals surface area contributed by atoms with Crippen LogP contribution in [0.15, 0.2) is 96.2 Å². The van der Waals surface area contributed by atoms with Crippen molar-refractivity contribution < 1.29 is 23.9 Å². The minimum absolute atomic E-state index is 0.101. The molecule has 2 N–H and O–H groups in total. The lowest BCUT2D eigenvalue weighted by molar-refractivity contribution is -0.126. The lowest BCUT2D eigenvalue weighted by Gasteiger charge is -2.28. The van der Waals surface area contributed by atoms with Crippen LogP contribution in [-0.4, -0.2) is 70.3 Å². The molecule has 2 saturated heterocycles. The fraction of sp³-hybridized carbons (Fsp3) is 0.278. The lowest BCUT2D eigenvalue weighted by atomic mass is 10.1. The van der Waals surface area contributed by atoms with E-state index in [1.165, 1.54) is 11.8 Å². The molecule has 2 fully saturated rings. The smallest absolute Gasteiger partial charge is 0.408 e. The lowest BCUT2D eigenvalue weighted by Crippen LogP contribution is -2.41. The molecule has 1 unspecified atom stereocenters. The van der Waals surface area contributed by atoms with Gasteiger partial charge in [0.05, 0.1) is 43.0 Å². The highest BCUT2D eigenvalue weighted by Gasteiger charge is 2.39. The molecule has 49 heavy (non-hydrogen) atoms. The third-order valence-electron chi connectivity index (χ3n) is 7.97. The molecule has 6 rings (SSSR count). The molecule has 3 heterocycles. The van der Waals surface area contributed by atoms with Crippen molar-refractivity contribution in [3.63, 3.8) is 0 Å². The molecule has 252 valence electrons. The maximum Gasteiger partial charge on any atom is 0.408 e. The normalized spacial score (nSPS) is 17.6. The fourth-order valence-electron chi connectivity index (χ4n) is 5.23. The highest BCUT2D eigenvalue weighted by atomic mass is 32.2. The van der Waals surface area contributed by atoms with E-state index in [9.17, 15) is 14.4 Å². The number of amides is 3. The van der Waals surface area contributed by atoms with Gasteiger partial charge >= 0.3 is 6.09 Å². The minimum atomic E-state index is -0.838. The number of aliphatic imine (C=N–C) groups is 1. The van der Waals surface area contributed by atoms with Crippen molar-refractivity contribution in [2.45, 2.75) is 38.3 Å². The van der Waals surface area contributed by atoms with E-state index in [0.717, 1.165) is 41.3 Å². The number of rotatable bonds is 10. The number of amidine groups is 1. The van der Waals surface area contributed by atoms with Crippen LogP contribution in [0.25, 0.3) is 0 Å². The Balaban J connectivity index is 1.12. The molecule has 0 aliphatic carbocycles. The Hall–Kier alpha value is -5.27. The van der Waals surface area contributed by atoms with E-state index < -0.39 is 23.3 Å². The number of morpholine rings is 1. The van der Waals surface area contributed by atoms with Crippen LogP contribution in [-0.2, 0) is 32.2 Å². The summed E-state index contributed by atoms with van der Waals surface area (Å²) in [6.07, 6.45) is 2.66. The van der Waals surface area contributed by atoms with Crippen LogP contribution in [0.2, 0.25) is 0 Å². The predicted molar refractivity (Wildman–Crippen MR) is 189 cm³/mol. The van der Waals surface area contributed by atoms with Crippen LogP contribution in [0.5, 0.6) is 0 Å². The maximum absolute atomic E-state index is 13.9. The Labute approximate surface area is 288 Å². The quantitative estimate of drug-likeness (QED) is 0.226. The van der Waals surface area contributed by atoms with Gasteiger partial charge in [-0.2, -0.15) is 0 Å². The molecule has 0 radical (unpaired) electrons. The SMILES string of the molecule is Cc1cnc(CN2C(=O)C(c3ccc(NC(=O)[C@H](C)NC(=O)OCc4ccccc4)cc3)SC2=Nc2ccc(N3CCOCC3)cc2)cn1. The zero-order valence-corrected chi connectivity index (χ0v) is 28.1. The zero-order valence-electron chi connectivity index (χ0n) is 27.2. The molecule has 13 heteroatoms. The minimum Gasteiger partial charge on any atom is -0.445 e. The van der Waals surface area contributed by atoms with Gasteiger partial charge < -0.3 is 25.0 Å². The second kappa shape index (κ2) is 15.8. The number of alkyl carbamates (subject to hydrolysis) is 1. The number of benzene rings is 3. The first-order valence-electron chi connectivity index (χ1n) is 16.0. The third-order valence-corrected chi connectivity index (χ3v) is 9.20. The molecule has 0 bridgehead atoms. The zero-order chi connectivity index (χ0) is 34.2. The highest BCUT2D eigenvalue weighted by molar-refractivity contribution is 8.15. The number of carbonyl (C=O) groups excluding carboxylic acids is 3. The second-order valence-corrected chi connectivity index (χ2v) is 12.7. The molecule has 0 spiro atoms. The highest BCUT2D eigenvalue weighted by Crippen LogP contribution is 2.41. The average Bonchev–Trinajstić information content (AvgIpc) is 3.43. The van der Waals surface area contributed by atoms with E-state index in [2.05, 4.69) is 25.5 Å². The summed E-state index contributed by atoms with van der Waals surface area (Å²) in [6.45, 7) is 6.86. The molecule has 1 aromatic heterocycles. The van der Waals surface area contributed by atoms with Gasteiger partial charge in [-0.3, -0.25) is 24.5 Å². The summed E-state index contributed by atoms with van der Waals surface area (Å²) < 4.78 is 10.7. The largest absolute Gasteiger partial charge is 0.445 e. The van der Waals surface area contributed by atoms with Crippen LogP contribution >= 0.6 is 11.8 Å². The van der Waals surface area contributed by atoms with Crippen molar-refractivity contribution in [3.05, 3.63) is 114 Å². The summed E-state index contributed by atoms with van der Waals surface area (Å²) in [5.41, 5.74) is 5.41. The Morgan fingerprint density at radius 2 is 1.73 bits per heavy atom. The van der Waals surface area contributed by atoms with Gasteiger partial charge in [0.25, 0.3) is 0 Å². The van der Waals surface area contributed by atoms with Gasteiger partial charge in [-0.05, 0) is 61.4 Å². The Bertz CT molecular complexity index is 1780. The molecule has 3 aromatic carbocycles. The second-order valence-electron chi connectivity index (χ2n) is 11.6. The topological polar surface area (TPSA) is 138 Å². The van der Waals surface area contributed by atoms with Crippen LogP contribution in [0.4, 0.5) is 21.9 Å². The van der Waals surface area contributed by atoms with Gasteiger partial charge in [0.1, 0.15) is 17.9 Å². The number of ether oxygens (including phenoxy) is 2. The van der Waals surface area contributed by atoms with Crippen molar-refractivity contribution in [1.82, 2.24) is 20.2 Å². The first-order valence-corrected chi connectivity index (χ1v) is 16.9. The molecule has 12 nitrogen and oxygen atoms in total. The predicted octanol–water partition coefficient (Wildman–Crippen LogP) is 5.38. The van der Waals surface area contributed by atoms with Crippen LogP contribution in [0, 0.1) is 6.92 Å². The van der Waals surface area contributed by atoms with E-state index in [1.807, 2.05) is 61.5 Å². The van der Waals surface area contributed by atoms with Crippen LogP contribution < -0.4 is 15.5 Å². The van der Waals surface area contributed by atoms with Gasteiger partial charge in [-0.25, -0.2) is 9.79 Å². The summed E-state index contributed by atoms with van der Waals surface area (Å²) in [6, 6.07) is 23.5. The van der Waals surface area contributed by atoms with Gasteiger partial charge in [-0.1, -0.05) is 54.2 Å². The van der Waals surface area contributed by atoms with Crippen molar-refractivity contribution >= 4 is 51.9 Å². The number of hydrogen-bond donors (Lipinski definition) is 2. The van der Waals surface area contributed by atoms with E-state index in [-0.39, 0.29) is 19.1 Å². The summed E-state index contributed by atoms with van der Waals surface area (Å²) in [5, 5.41) is 5.37. The number of nitrogens with one attached hydrogen (secondary N) is 2. The average molecular weight is 680 g/mol. The summed E-state index contributed by atoms with van der Waals surface area (Å²) in [4.78, 5) is 56.5. The molecular weight excluding hydrogens is 643 g/mol. The van der Waals surface area contributed by atoms with E-state index in [0.29, 0.717) is 29.8 Å². The standard InChI is InChI=1S/C36H37N7O5S/c1-24-20-38-30(21-37-24)22-43-34(45)32(49-35(43)41-29-12-14-31(15-13-29)42-16-18-47-19-17-42)27-8-10-28(11-9-27)40-33(44)25(2)39-36(46)48-23-26-6-4-3-5-7-26/h3-15,20-21,25,32H,16-19,22-23H2,1-2H3,(H,39,46)(H,40,44)/t25-,32?/m0/s1. The fourth-order valence-corrected chi connectivity index (χ4v) is 6.40. The van der Waals surface area contributed by atoms with Gasteiger partial charge in [0.2, 0.25) is 11.8 Å². The molecule has 2 aliphatic rings. The number of anilines is 2. The molecule has 2 atom stereocenters. The van der Waals surface area contributed by atoms with E-state index >= 15 is 0 Å². The van der Waals surface area contributed by atoms with Gasteiger partial charge in [0.15, 0.2) is 5.17 Å². The number of carbonyl (C=O) groups is 3. The first kappa shape index (κ1) is 33.6. The molecular formula is C36H37N7O5S. The van der Waals surface area contributed by atoms with Gasteiger partial charge in [-0.15, -0.1) is 0 Å². The first-order chi connectivity index (χ1) is 23.8. The van der Waals surface area contributed by atoms with Crippen molar-refractivity contribution in [2.75, 3.05) is 36.5 Å². The Morgan fingerprint density at radius 1 is 1.00 bits per heavy atom. The maximum atomic E-state index is 13.9. The number of aromatic nitrogens is 2. The molecule has 2 aliphatic heterocycles. The van der Waals surface area contributed by atoms with Crippen LogP contribution in [0.3, 0.4) is 0 Å². The number of thioether (sulfide) groups is 1. The Kier molecular flexibility index (Phi) is 10.8. The summed E-state index contributed by atoms with van der Waals surface area (Å²) in [5.74, 6) is -0.533. The summed E-state index contributed by atoms with van der Waals surface area (Å²) >= 11 is 1.37. The van der Waals surface area contributed by atoms with Gasteiger partial charge in [0, 0.05) is 30.7 Å². The van der Waals surface area contributed by atoms with E-state index in [1.54, 1.807) is 48.5 Å². The molecule has 0 saturated carbocycles. The van der Waals surface area contributed by atoms with Crippen molar-refractivity contribution in [1.29, 1.82) is 0 Å².